The minimum atomic E-state index is -3.36. The van der Waals surface area contributed by atoms with Crippen molar-refractivity contribution in [2.45, 2.75) is 38.6 Å². The molecule has 1 heterocycles. The molecule has 3 rings (SSSR count). The molecule has 0 radical (unpaired) electrons. The quantitative estimate of drug-likeness (QED) is 0.929. The Morgan fingerprint density at radius 1 is 1.25 bits per heavy atom. The summed E-state index contributed by atoms with van der Waals surface area (Å²) in [6, 6.07) is 8.06. The van der Waals surface area contributed by atoms with E-state index in [4.69, 9.17) is 0 Å². The maximum Gasteiger partial charge on any atom is 0.280 e. The minimum absolute atomic E-state index is 0.0616. The van der Waals surface area contributed by atoms with E-state index in [1.165, 1.54) is 5.56 Å². The summed E-state index contributed by atoms with van der Waals surface area (Å²) < 4.78 is 29.5. The van der Waals surface area contributed by atoms with Crippen LogP contribution in [0.15, 0.2) is 24.3 Å². The van der Waals surface area contributed by atoms with Crippen LogP contribution in [-0.2, 0) is 16.6 Å². The fraction of sp³-hybridized carbons (Fsp3) is 0.600. The molecule has 1 N–H and O–H groups in total. The molecular weight excluding hydrogens is 272 g/mol. The predicted octanol–water partition coefficient (Wildman–Crippen LogP) is 2.24. The number of fused-ring (bicyclic) bond motifs is 1. The van der Waals surface area contributed by atoms with Crippen LogP contribution in [-0.4, -0.2) is 25.8 Å². The highest BCUT2D eigenvalue weighted by atomic mass is 32.2. The second-order valence-corrected chi connectivity index (χ2v) is 7.72. The van der Waals surface area contributed by atoms with Crippen LogP contribution in [0.2, 0.25) is 0 Å². The smallest absolute Gasteiger partial charge is 0.195 e. The first-order valence-electron chi connectivity index (χ1n) is 7.41. The van der Waals surface area contributed by atoms with Gasteiger partial charge in [0.15, 0.2) is 0 Å². The molecule has 4 nitrogen and oxygen atoms in total. The molecule has 2 atom stereocenters. The molecule has 1 saturated heterocycles. The molecule has 1 aliphatic carbocycles. The Kier molecular flexibility index (Phi) is 3.84. The maximum atomic E-state index is 12.5. The maximum absolute atomic E-state index is 12.5. The topological polar surface area (TPSA) is 49.4 Å². The first-order chi connectivity index (χ1) is 9.56. The molecule has 0 spiro atoms. The van der Waals surface area contributed by atoms with Crippen molar-refractivity contribution in [1.29, 1.82) is 0 Å². The lowest BCUT2D eigenvalue weighted by Crippen LogP contribution is -2.46. The standard InChI is InChI=1S/C15H22N2O2S/c1-12-5-4-10-17(11-12)20(18,19)16-15-9-8-13-6-2-3-7-14(13)15/h2-3,6-7,12,15-16H,4-5,8-11H2,1H3/t12-,15-/m0/s1. The Morgan fingerprint density at radius 3 is 2.85 bits per heavy atom. The van der Waals surface area contributed by atoms with Crippen LogP contribution in [0.5, 0.6) is 0 Å². The zero-order chi connectivity index (χ0) is 14.2. The normalized spacial score (nSPS) is 27.4. The molecule has 0 unspecified atom stereocenters. The van der Waals surface area contributed by atoms with Gasteiger partial charge in [0, 0.05) is 19.1 Å². The first kappa shape index (κ1) is 14.0. The molecule has 5 heteroatoms. The number of aryl methyl sites for hydroxylation is 1. The lowest BCUT2D eigenvalue weighted by molar-refractivity contribution is 0.276. The van der Waals surface area contributed by atoms with E-state index in [1.54, 1.807) is 4.31 Å². The van der Waals surface area contributed by atoms with Gasteiger partial charge in [0.2, 0.25) is 0 Å². The number of nitrogens with zero attached hydrogens (tertiary/aromatic N) is 1. The van der Waals surface area contributed by atoms with Gasteiger partial charge in [-0.1, -0.05) is 31.2 Å². The lowest BCUT2D eigenvalue weighted by Gasteiger charge is -2.31. The van der Waals surface area contributed by atoms with E-state index in [2.05, 4.69) is 17.7 Å². The molecule has 0 saturated carbocycles. The first-order valence-corrected chi connectivity index (χ1v) is 8.85. The van der Waals surface area contributed by atoms with Gasteiger partial charge >= 0.3 is 0 Å². The van der Waals surface area contributed by atoms with Gasteiger partial charge in [-0.2, -0.15) is 17.4 Å². The van der Waals surface area contributed by atoms with Crippen LogP contribution >= 0.6 is 0 Å². The van der Waals surface area contributed by atoms with E-state index in [-0.39, 0.29) is 6.04 Å². The Bertz CT molecular complexity index is 585. The van der Waals surface area contributed by atoms with Gasteiger partial charge in [-0.15, -0.1) is 0 Å². The summed E-state index contributed by atoms with van der Waals surface area (Å²) in [5.41, 5.74) is 2.41. The van der Waals surface area contributed by atoms with Crippen molar-refractivity contribution >= 4 is 10.2 Å². The molecule has 2 aliphatic rings. The SMILES string of the molecule is C[C@H]1CCCN(S(=O)(=O)N[C@H]2CCc3ccccc32)C1. The largest absolute Gasteiger partial charge is 0.280 e. The van der Waals surface area contributed by atoms with E-state index in [0.717, 1.165) is 31.2 Å². The third-order valence-electron chi connectivity index (χ3n) is 4.38. The Balaban J connectivity index is 1.74. The Hall–Kier alpha value is -0.910. The summed E-state index contributed by atoms with van der Waals surface area (Å²) in [5, 5.41) is 0. The fourth-order valence-electron chi connectivity index (χ4n) is 3.30. The fourth-order valence-corrected chi connectivity index (χ4v) is 4.87. The van der Waals surface area contributed by atoms with Crippen molar-refractivity contribution in [3.63, 3.8) is 0 Å². The molecule has 1 fully saturated rings. The summed E-state index contributed by atoms with van der Waals surface area (Å²) in [4.78, 5) is 0. The average molecular weight is 294 g/mol. The highest BCUT2D eigenvalue weighted by Gasteiger charge is 2.31. The number of hydrogen-bond donors (Lipinski definition) is 1. The van der Waals surface area contributed by atoms with Crippen LogP contribution < -0.4 is 4.72 Å². The van der Waals surface area contributed by atoms with Gasteiger partial charge in [0.05, 0.1) is 0 Å². The van der Waals surface area contributed by atoms with E-state index in [9.17, 15) is 8.42 Å². The molecule has 20 heavy (non-hydrogen) atoms. The van der Waals surface area contributed by atoms with Gasteiger partial charge in [-0.25, -0.2) is 0 Å². The van der Waals surface area contributed by atoms with Crippen molar-refractivity contribution in [3.8, 4) is 0 Å². The van der Waals surface area contributed by atoms with Crippen LogP contribution in [0.4, 0.5) is 0 Å². The molecule has 0 amide bonds. The zero-order valence-electron chi connectivity index (χ0n) is 11.9. The van der Waals surface area contributed by atoms with E-state index >= 15 is 0 Å². The van der Waals surface area contributed by atoms with E-state index in [0.29, 0.717) is 19.0 Å². The Morgan fingerprint density at radius 2 is 2.05 bits per heavy atom. The third-order valence-corrected chi connectivity index (χ3v) is 5.98. The summed E-state index contributed by atoms with van der Waals surface area (Å²) in [5.74, 6) is 0.455. The van der Waals surface area contributed by atoms with Gasteiger partial charge in [-0.3, -0.25) is 0 Å². The van der Waals surface area contributed by atoms with Gasteiger partial charge in [-0.05, 0) is 42.7 Å². The second kappa shape index (κ2) is 5.47. The zero-order valence-corrected chi connectivity index (χ0v) is 12.7. The molecular formula is C15H22N2O2S. The van der Waals surface area contributed by atoms with Crippen LogP contribution in [0.1, 0.15) is 43.4 Å². The summed E-state index contributed by atoms with van der Waals surface area (Å²) >= 11 is 0. The van der Waals surface area contributed by atoms with Gasteiger partial charge in [0.1, 0.15) is 0 Å². The minimum Gasteiger partial charge on any atom is -0.195 e. The highest BCUT2D eigenvalue weighted by Crippen LogP contribution is 2.32. The number of benzene rings is 1. The summed E-state index contributed by atoms with van der Waals surface area (Å²) in [7, 11) is -3.36. The van der Waals surface area contributed by atoms with Gasteiger partial charge < -0.3 is 0 Å². The number of rotatable bonds is 3. The Labute approximate surface area is 121 Å². The van der Waals surface area contributed by atoms with E-state index in [1.807, 2.05) is 18.2 Å². The average Bonchev–Trinajstić information content (AvgIpc) is 2.82. The highest BCUT2D eigenvalue weighted by molar-refractivity contribution is 7.87. The summed E-state index contributed by atoms with van der Waals surface area (Å²) in [6.07, 6.45) is 3.91. The predicted molar refractivity (Wildman–Crippen MR) is 79.5 cm³/mol. The third kappa shape index (κ3) is 2.75. The van der Waals surface area contributed by atoms with Crippen molar-refractivity contribution < 1.29 is 8.42 Å². The monoisotopic (exact) mass is 294 g/mol. The number of piperidine rings is 1. The van der Waals surface area contributed by atoms with Crippen molar-refractivity contribution in [2.24, 2.45) is 5.92 Å². The number of nitrogens with one attached hydrogen (secondary N) is 1. The molecule has 0 bridgehead atoms. The van der Waals surface area contributed by atoms with Crippen LogP contribution in [0.3, 0.4) is 0 Å². The van der Waals surface area contributed by atoms with Crippen molar-refractivity contribution in [2.75, 3.05) is 13.1 Å². The van der Waals surface area contributed by atoms with E-state index < -0.39 is 10.2 Å². The van der Waals surface area contributed by atoms with Crippen LogP contribution in [0.25, 0.3) is 0 Å². The summed E-state index contributed by atoms with van der Waals surface area (Å²) in [6.45, 7) is 3.41. The molecule has 1 aromatic carbocycles. The van der Waals surface area contributed by atoms with Crippen molar-refractivity contribution in [3.05, 3.63) is 35.4 Å². The molecule has 1 aromatic rings. The molecule has 1 aliphatic heterocycles. The second-order valence-electron chi connectivity index (χ2n) is 6.02. The van der Waals surface area contributed by atoms with Crippen molar-refractivity contribution in [1.82, 2.24) is 9.03 Å². The molecule has 0 aromatic heterocycles. The van der Waals surface area contributed by atoms with Crippen LogP contribution in [0, 0.1) is 5.92 Å². The molecule has 110 valence electrons. The van der Waals surface area contributed by atoms with Gasteiger partial charge in [0.25, 0.3) is 10.2 Å². The number of hydrogen-bond acceptors (Lipinski definition) is 2. The lowest BCUT2D eigenvalue weighted by atomic mass is 10.0.